The lowest BCUT2D eigenvalue weighted by molar-refractivity contribution is 0.102. The van der Waals surface area contributed by atoms with Crippen molar-refractivity contribution < 1.29 is 14.1 Å². The smallest absolute Gasteiger partial charge is 0.255 e. The number of carbonyl (C=O) groups excluding carboxylic acids is 1. The van der Waals surface area contributed by atoms with Crippen molar-refractivity contribution in [2.45, 2.75) is 13.5 Å². The average molecular weight is 414 g/mol. The number of ether oxygens (including phenoxy) is 1. The molecule has 1 heterocycles. The zero-order chi connectivity index (χ0) is 21.6. The molecule has 0 radical (unpaired) electrons. The van der Waals surface area contributed by atoms with Gasteiger partial charge in [-0.25, -0.2) is 0 Å². The Morgan fingerprint density at radius 2 is 1.81 bits per heavy atom. The maximum atomic E-state index is 12.6. The Labute approximate surface area is 180 Å². The van der Waals surface area contributed by atoms with Crippen LogP contribution in [0.15, 0.2) is 77.3 Å². The van der Waals surface area contributed by atoms with Gasteiger partial charge in [0, 0.05) is 16.9 Å². The maximum absolute atomic E-state index is 12.6. The van der Waals surface area contributed by atoms with E-state index < -0.39 is 0 Å². The molecule has 0 aliphatic rings. The highest BCUT2D eigenvalue weighted by molar-refractivity contribution is 6.04. The summed E-state index contributed by atoms with van der Waals surface area (Å²) in [6.07, 6.45) is 0. The number of carbonyl (C=O) groups is 1. The SMILES string of the molecule is COc1ccccc1-c1noc(CNc2cc(C(=O)Nc3ccccc3)ccc2C)n1. The van der Waals surface area contributed by atoms with E-state index in [9.17, 15) is 4.79 Å². The van der Waals surface area contributed by atoms with Crippen molar-refractivity contribution >= 4 is 17.3 Å². The Balaban J connectivity index is 1.46. The molecule has 4 aromatic rings. The molecule has 0 bridgehead atoms. The van der Waals surface area contributed by atoms with Crippen LogP contribution in [0.25, 0.3) is 11.4 Å². The van der Waals surface area contributed by atoms with Gasteiger partial charge in [-0.3, -0.25) is 4.79 Å². The fourth-order valence-electron chi connectivity index (χ4n) is 3.11. The van der Waals surface area contributed by atoms with E-state index in [0.717, 1.165) is 22.5 Å². The molecule has 0 aliphatic carbocycles. The van der Waals surface area contributed by atoms with Gasteiger partial charge in [0.05, 0.1) is 19.2 Å². The number of hydrogen-bond donors (Lipinski definition) is 2. The van der Waals surface area contributed by atoms with E-state index in [1.807, 2.05) is 73.7 Å². The topological polar surface area (TPSA) is 89.3 Å². The molecule has 2 N–H and O–H groups in total. The minimum absolute atomic E-state index is 0.175. The van der Waals surface area contributed by atoms with Crippen LogP contribution in [0.2, 0.25) is 0 Å². The van der Waals surface area contributed by atoms with E-state index in [0.29, 0.717) is 29.6 Å². The Kier molecular flexibility index (Phi) is 5.93. The van der Waals surface area contributed by atoms with E-state index in [1.54, 1.807) is 13.2 Å². The summed E-state index contributed by atoms with van der Waals surface area (Å²) in [7, 11) is 1.60. The zero-order valence-corrected chi connectivity index (χ0v) is 17.3. The number of amides is 1. The lowest BCUT2D eigenvalue weighted by Gasteiger charge is -2.10. The van der Waals surface area contributed by atoms with Gasteiger partial charge in [0.15, 0.2) is 0 Å². The van der Waals surface area contributed by atoms with Crippen LogP contribution in [0.1, 0.15) is 21.8 Å². The summed E-state index contributed by atoms with van der Waals surface area (Å²) < 4.78 is 10.7. The fraction of sp³-hybridized carbons (Fsp3) is 0.125. The molecule has 4 rings (SSSR count). The van der Waals surface area contributed by atoms with Crippen molar-refractivity contribution in [1.82, 2.24) is 10.1 Å². The van der Waals surface area contributed by atoms with Crippen LogP contribution in [0.5, 0.6) is 5.75 Å². The molecule has 1 amide bonds. The predicted octanol–water partition coefficient (Wildman–Crippen LogP) is 4.92. The number of nitrogens with one attached hydrogen (secondary N) is 2. The number of nitrogens with zero attached hydrogens (tertiary/aromatic N) is 2. The second-order valence-corrected chi connectivity index (χ2v) is 6.92. The Hall–Kier alpha value is -4.13. The van der Waals surface area contributed by atoms with Gasteiger partial charge in [0.1, 0.15) is 5.75 Å². The van der Waals surface area contributed by atoms with Crippen molar-refractivity contribution in [2.75, 3.05) is 17.7 Å². The second kappa shape index (κ2) is 9.13. The standard InChI is InChI=1S/C24H22N4O3/c1-16-12-13-17(24(29)26-18-8-4-3-5-9-18)14-20(16)25-15-22-27-23(28-31-22)19-10-6-7-11-21(19)30-2/h3-14,25H,15H2,1-2H3,(H,26,29). The number of anilines is 2. The van der Waals surface area contributed by atoms with Crippen LogP contribution in [-0.2, 0) is 6.54 Å². The lowest BCUT2D eigenvalue weighted by Crippen LogP contribution is -2.12. The van der Waals surface area contributed by atoms with Gasteiger partial charge in [-0.2, -0.15) is 4.98 Å². The summed E-state index contributed by atoms with van der Waals surface area (Å²) >= 11 is 0. The monoisotopic (exact) mass is 414 g/mol. The first-order chi connectivity index (χ1) is 15.1. The number of aryl methyl sites for hydroxylation is 1. The van der Waals surface area contributed by atoms with Gasteiger partial charge in [0.25, 0.3) is 5.91 Å². The molecule has 31 heavy (non-hydrogen) atoms. The number of benzene rings is 3. The highest BCUT2D eigenvalue weighted by Gasteiger charge is 2.14. The Bertz CT molecular complexity index is 1190. The molecule has 7 nitrogen and oxygen atoms in total. The first-order valence-electron chi connectivity index (χ1n) is 9.81. The van der Waals surface area contributed by atoms with Crippen LogP contribution in [0.3, 0.4) is 0 Å². The average Bonchev–Trinajstić information content (AvgIpc) is 3.28. The van der Waals surface area contributed by atoms with E-state index in [4.69, 9.17) is 9.26 Å². The van der Waals surface area contributed by atoms with Gasteiger partial charge in [0.2, 0.25) is 11.7 Å². The van der Waals surface area contributed by atoms with E-state index >= 15 is 0 Å². The summed E-state index contributed by atoms with van der Waals surface area (Å²) in [6, 6.07) is 22.4. The number of para-hydroxylation sites is 2. The summed E-state index contributed by atoms with van der Waals surface area (Å²) in [5.74, 6) is 1.39. The second-order valence-electron chi connectivity index (χ2n) is 6.92. The molecular weight excluding hydrogens is 392 g/mol. The van der Waals surface area contributed by atoms with Gasteiger partial charge < -0.3 is 19.9 Å². The minimum Gasteiger partial charge on any atom is -0.496 e. The number of hydrogen-bond acceptors (Lipinski definition) is 6. The van der Waals surface area contributed by atoms with Crippen molar-refractivity contribution in [2.24, 2.45) is 0 Å². The van der Waals surface area contributed by atoms with Gasteiger partial charge in [-0.15, -0.1) is 0 Å². The highest BCUT2D eigenvalue weighted by atomic mass is 16.5. The normalized spacial score (nSPS) is 10.5. The molecule has 0 saturated carbocycles. The van der Waals surface area contributed by atoms with Crippen LogP contribution >= 0.6 is 0 Å². The molecule has 7 heteroatoms. The molecule has 0 unspecified atom stereocenters. The van der Waals surface area contributed by atoms with Crippen LogP contribution < -0.4 is 15.4 Å². The molecule has 0 fully saturated rings. The summed E-state index contributed by atoms with van der Waals surface area (Å²) in [4.78, 5) is 17.0. The fourth-order valence-corrected chi connectivity index (χ4v) is 3.11. The summed E-state index contributed by atoms with van der Waals surface area (Å²) in [5.41, 5.74) is 3.88. The third-order valence-corrected chi connectivity index (χ3v) is 4.78. The van der Waals surface area contributed by atoms with Gasteiger partial charge in [-0.05, 0) is 48.9 Å². The van der Waals surface area contributed by atoms with Crippen molar-refractivity contribution in [3.05, 3.63) is 89.8 Å². The van der Waals surface area contributed by atoms with Crippen LogP contribution in [0.4, 0.5) is 11.4 Å². The third-order valence-electron chi connectivity index (χ3n) is 4.78. The van der Waals surface area contributed by atoms with Gasteiger partial charge in [-0.1, -0.05) is 41.6 Å². The van der Waals surface area contributed by atoms with Crippen LogP contribution in [0, 0.1) is 6.92 Å². The van der Waals surface area contributed by atoms with Crippen molar-refractivity contribution in [3.63, 3.8) is 0 Å². The van der Waals surface area contributed by atoms with Crippen LogP contribution in [-0.4, -0.2) is 23.2 Å². The maximum Gasteiger partial charge on any atom is 0.255 e. The first-order valence-corrected chi connectivity index (χ1v) is 9.81. The van der Waals surface area contributed by atoms with Crippen molar-refractivity contribution in [1.29, 1.82) is 0 Å². The molecule has 1 aromatic heterocycles. The third kappa shape index (κ3) is 4.72. The molecule has 156 valence electrons. The summed E-state index contributed by atoms with van der Waals surface area (Å²) in [5, 5.41) is 10.2. The predicted molar refractivity (Wildman–Crippen MR) is 119 cm³/mol. The molecule has 0 spiro atoms. The highest BCUT2D eigenvalue weighted by Crippen LogP contribution is 2.27. The number of methoxy groups -OCH3 is 1. The Morgan fingerprint density at radius 3 is 2.61 bits per heavy atom. The molecular formula is C24H22N4O3. The summed E-state index contributed by atoms with van der Waals surface area (Å²) in [6.45, 7) is 2.29. The Morgan fingerprint density at radius 1 is 1.03 bits per heavy atom. The molecule has 3 aromatic carbocycles. The zero-order valence-electron chi connectivity index (χ0n) is 17.3. The quantitative estimate of drug-likeness (QED) is 0.446. The van der Waals surface area contributed by atoms with E-state index in [2.05, 4.69) is 20.8 Å². The molecule has 0 aliphatic heterocycles. The van der Waals surface area contributed by atoms with E-state index in [-0.39, 0.29) is 5.91 Å². The molecule has 0 atom stereocenters. The molecule has 0 saturated heterocycles. The minimum atomic E-state index is -0.175. The van der Waals surface area contributed by atoms with Crippen molar-refractivity contribution in [3.8, 4) is 17.1 Å². The lowest BCUT2D eigenvalue weighted by atomic mass is 10.1. The number of rotatable bonds is 7. The number of aromatic nitrogens is 2. The largest absolute Gasteiger partial charge is 0.496 e. The van der Waals surface area contributed by atoms with E-state index in [1.165, 1.54) is 0 Å². The first kappa shape index (κ1) is 20.2. The van der Waals surface area contributed by atoms with Gasteiger partial charge >= 0.3 is 0 Å².